The van der Waals surface area contributed by atoms with Crippen molar-refractivity contribution < 1.29 is 18.3 Å². The number of hydrogen-bond donors (Lipinski definition) is 2. The predicted molar refractivity (Wildman–Crippen MR) is 80.9 cm³/mol. The maximum absolute atomic E-state index is 12.8. The summed E-state index contributed by atoms with van der Waals surface area (Å²) in [4.78, 5) is 1.77. The summed E-state index contributed by atoms with van der Waals surface area (Å²) in [5.74, 6) is -0.0963. The summed E-state index contributed by atoms with van der Waals surface area (Å²) in [5, 5.41) is 13.0. The van der Waals surface area contributed by atoms with Gasteiger partial charge in [-0.2, -0.15) is 13.2 Å². The molecule has 0 spiro atoms. The smallest absolute Gasteiger partial charge is 0.390 e. The third-order valence-corrected chi connectivity index (χ3v) is 3.86. The number of rotatable bonds is 3. The number of halogens is 5. The summed E-state index contributed by atoms with van der Waals surface area (Å²) in [6.45, 7) is 2.38. The van der Waals surface area contributed by atoms with Crippen LogP contribution >= 0.6 is 28.3 Å². The van der Waals surface area contributed by atoms with Gasteiger partial charge in [0.25, 0.3) is 0 Å². The minimum absolute atomic E-state index is 0. The Kier molecular flexibility index (Phi) is 6.77. The van der Waals surface area contributed by atoms with Crippen molar-refractivity contribution >= 4 is 28.3 Å². The number of piperazine rings is 1. The largest absolute Gasteiger partial charge is 0.508 e. The van der Waals surface area contributed by atoms with Gasteiger partial charge in [0.05, 0.1) is 6.42 Å². The molecule has 8 heteroatoms. The van der Waals surface area contributed by atoms with Crippen LogP contribution in [0.2, 0.25) is 0 Å². The molecule has 0 aliphatic carbocycles. The van der Waals surface area contributed by atoms with E-state index in [9.17, 15) is 18.3 Å². The van der Waals surface area contributed by atoms with Crippen LogP contribution in [0.5, 0.6) is 5.75 Å². The van der Waals surface area contributed by atoms with Crippen LogP contribution in [0.4, 0.5) is 13.2 Å². The van der Waals surface area contributed by atoms with Gasteiger partial charge in [-0.15, -0.1) is 12.4 Å². The molecule has 1 fully saturated rings. The van der Waals surface area contributed by atoms with Gasteiger partial charge in [0, 0.05) is 42.3 Å². The molecule has 0 saturated carbocycles. The first-order valence-electron chi connectivity index (χ1n) is 6.37. The Morgan fingerprint density at radius 3 is 2.48 bits per heavy atom. The third-order valence-electron chi connectivity index (χ3n) is 3.37. The molecule has 0 bridgehead atoms. The van der Waals surface area contributed by atoms with Gasteiger partial charge >= 0.3 is 6.18 Å². The van der Waals surface area contributed by atoms with Crippen LogP contribution in [0.3, 0.4) is 0 Å². The summed E-state index contributed by atoms with van der Waals surface area (Å²) in [7, 11) is 0. The number of hydrogen-bond acceptors (Lipinski definition) is 3. The topological polar surface area (TPSA) is 35.5 Å². The molecule has 2 N–H and O–H groups in total. The second kappa shape index (κ2) is 7.67. The number of aromatic hydroxyl groups is 1. The third kappa shape index (κ3) is 5.32. The van der Waals surface area contributed by atoms with Crippen LogP contribution < -0.4 is 5.32 Å². The number of alkyl halides is 3. The molecule has 1 aromatic carbocycles. The van der Waals surface area contributed by atoms with Crippen LogP contribution in [0.1, 0.15) is 18.0 Å². The molecule has 0 amide bonds. The predicted octanol–water partition coefficient (Wildman–Crippen LogP) is 3.48. The molecular formula is C13H17BrClF3N2O. The van der Waals surface area contributed by atoms with Gasteiger partial charge in [-0.25, -0.2) is 0 Å². The zero-order valence-corrected chi connectivity index (χ0v) is 13.6. The Hall–Kier alpha value is -0.500. The van der Waals surface area contributed by atoms with Crippen LogP contribution in [-0.4, -0.2) is 42.4 Å². The van der Waals surface area contributed by atoms with Crippen molar-refractivity contribution in [2.24, 2.45) is 0 Å². The van der Waals surface area contributed by atoms with Gasteiger partial charge in [0.15, 0.2) is 0 Å². The van der Waals surface area contributed by atoms with E-state index < -0.39 is 18.6 Å². The van der Waals surface area contributed by atoms with Crippen molar-refractivity contribution in [3.05, 3.63) is 28.2 Å². The first-order valence-corrected chi connectivity index (χ1v) is 7.16. The van der Waals surface area contributed by atoms with Crippen molar-refractivity contribution in [1.29, 1.82) is 0 Å². The molecular weight excluding hydrogens is 373 g/mol. The molecule has 0 aromatic heterocycles. The zero-order valence-electron chi connectivity index (χ0n) is 11.2. The lowest BCUT2D eigenvalue weighted by molar-refractivity contribution is -0.148. The fourth-order valence-electron chi connectivity index (χ4n) is 2.44. The molecule has 1 heterocycles. The highest BCUT2D eigenvalue weighted by Gasteiger charge is 2.37. The molecule has 1 aliphatic rings. The van der Waals surface area contributed by atoms with Gasteiger partial charge in [0.1, 0.15) is 5.75 Å². The van der Waals surface area contributed by atoms with Gasteiger partial charge in [0.2, 0.25) is 0 Å². The van der Waals surface area contributed by atoms with E-state index in [-0.39, 0.29) is 18.2 Å². The van der Waals surface area contributed by atoms with Crippen LogP contribution in [0, 0.1) is 0 Å². The summed E-state index contributed by atoms with van der Waals surface area (Å²) in [6, 6.07) is 3.75. The van der Waals surface area contributed by atoms with Crippen LogP contribution in [0.25, 0.3) is 0 Å². The van der Waals surface area contributed by atoms with Crippen molar-refractivity contribution in [2.75, 3.05) is 26.2 Å². The summed E-state index contributed by atoms with van der Waals surface area (Å²) in [5.41, 5.74) is 0.318. The van der Waals surface area contributed by atoms with E-state index in [0.29, 0.717) is 36.2 Å². The number of phenols is 1. The molecule has 0 unspecified atom stereocenters. The minimum Gasteiger partial charge on any atom is -0.508 e. The fourth-order valence-corrected chi connectivity index (χ4v) is 2.82. The first kappa shape index (κ1) is 18.5. The fraction of sp³-hybridized carbons (Fsp3) is 0.538. The Bertz CT molecular complexity index is 467. The highest BCUT2D eigenvalue weighted by Crippen LogP contribution is 2.38. The second-order valence-electron chi connectivity index (χ2n) is 4.82. The Labute approximate surface area is 136 Å². The van der Waals surface area contributed by atoms with Gasteiger partial charge in [-0.3, -0.25) is 4.90 Å². The Morgan fingerprint density at radius 1 is 1.29 bits per heavy atom. The lowest BCUT2D eigenvalue weighted by Gasteiger charge is -2.36. The molecule has 1 atom stereocenters. The molecule has 3 nitrogen and oxygen atoms in total. The van der Waals surface area contributed by atoms with Crippen LogP contribution in [0.15, 0.2) is 22.7 Å². The van der Waals surface area contributed by atoms with E-state index in [1.54, 1.807) is 17.0 Å². The number of nitrogens with zero attached hydrogens (tertiary/aromatic N) is 1. The molecule has 2 rings (SSSR count). The van der Waals surface area contributed by atoms with Gasteiger partial charge < -0.3 is 10.4 Å². The molecule has 21 heavy (non-hydrogen) atoms. The van der Waals surface area contributed by atoms with E-state index in [1.807, 2.05) is 0 Å². The second-order valence-corrected chi connectivity index (χ2v) is 5.74. The average Bonchev–Trinajstić information content (AvgIpc) is 2.39. The Morgan fingerprint density at radius 2 is 1.90 bits per heavy atom. The summed E-state index contributed by atoms with van der Waals surface area (Å²) >= 11 is 3.25. The molecule has 120 valence electrons. The van der Waals surface area contributed by atoms with E-state index >= 15 is 0 Å². The monoisotopic (exact) mass is 388 g/mol. The lowest BCUT2D eigenvalue weighted by atomic mass is 10.00. The molecule has 1 aliphatic heterocycles. The maximum atomic E-state index is 12.8. The van der Waals surface area contributed by atoms with E-state index in [0.717, 1.165) is 0 Å². The highest BCUT2D eigenvalue weighted by molar-refractivity contribution is 9.10. The lowest BCUT2D eigenvalue weighted by Crippen LogP contribution is -2.46. The van der Waals surface area contributed by atoms with E-state index in [4.69, 9.17) is 0 Å². The number of phenolic OH excluding ortho intramolecular Hbond substituents is 1. The van der Waals surface area contributed by atoms with Crippen molar-refractivity contribution in [2.45, 2.75) is 18.6 Å². The van der Waals surface area contributed by atoms with E-state index in [2.05, 4.69) is 21.2 Å². The SMILES string of the molecule is Cl.Oc1ccc(Br)cc1[C@H](CC(F)(F)F)N1CCNCC1. The standard InChI is InChI=1S/C13H16BrF3N2O.ClH/c14-9-1-2-12(20)10(7-9)11(8-13(15,16)17)19-5-3-18-4-6-19;/h1-2,7,11,18,20H,3-6,8H2;1H/t11-;/m0./s1. The normalized spacial score (nSPS) is 18.1. The highest BCUT2D eigenvalue weighted by atomic mass is 79.9. The maximum Gasteiger partial charge on any atom is 0.390 e. The Balaban J connectivity index is 0.00000220. The van der Waals surface area contributed by atoms with Crippen molar-refractivity contribution in [3.63, 3.8) is 0 Å². The minimum atomic E-state index is -4.27. The van der Waals surface area contributed by atoms with Crippen molar-refractivity contribution in [1.82, 2.24) is 10.2 Å². The molecule has 0 radical (unpaired) electrons. The number of benzene rings is 1. The zero-order chi connectivity index (χ0) is 14.8. The average molecular weight is 390 g/mol. The first-order chi connectivity index (χ1) is 9.37. The van der Waals surface area contributed by atoms with Gasteiger partial charge in [-0.1, -0.05) is 15.9 Å². The summed E-state index contributed by atoms with van der Waals surface area (Å²) in [6.07, 6.45) is -5.23. The summed E-state index contributed by atoms with van der Waals surface area (Å²) < 4.78 is 39.2. The van der Waals surface area contributed by atoms with Crippen LogP contribution in [-0.2, 0) is 0 Å². The molecule has 1 saturated heterocycles. The number of nitrogens with one attached hydrogen (secondary N) is 1. The molecule has 1 aromatic rings. The van der Waals surface area contributed by atoms with Gasteiger partial charge in [-0.05, 0) is 18.2 Å². The van der Waals surface area contributed by atoms with E-state index in [1.165, 1.54) is 6.07 Å². The van der Waals surface area contributed by atoms with Crippen molar-refractivity contribution in [3.8, 4) is 5.75 Å². The quantitative estimate of drug-likeness (QED) is 0.831.